The van der Waals surface area contributed by atoms with Crippen molar-refractivity contribution in [1.82, 2.24) is 4.90 Å². The van der Waals surface area contributed by atoms with Gasteiger partial charge in [0.05, 0.1) is 24.0 Å². The van der Waals surface area contributed by atoms with Crippen LogP contribution in [0.1, 0.15) is 104 Å². The highest BCUT2D eigenvalue weighted by Gasteiger charge is 2.45. The van der Waals surface area contributed by atoms with Crippen molar-refractivity contribution in [1.29, 1.82) is 0 Å². The Morgan fingerprint density at radius 1 is 0.921 bits per heavy atom. The van der Waals surface area contributed by atoms with Crippen molar-refractivity contribution >= 4 is 40.7 Å². The van der Waals surface area contributed by atoms with Crippen molar-refractivity contribution in [3.63, 3.8) is 0 Å². The summed E-state index contributed by atoms with van der Waals surface area (Å²) in [6.07, 6.45) is 11.1. The number of hydrogen-bond acceptors (Lipinski definition) is 6. The number of anilines is 2. The molecule has 0 saturated carbocycles. The lowest BCUT2D eigenvalue weighted by Gasteiger charge is -2.38. The molecule has 0 N–H and O–H groups in total. The van der Waals surface area contributed by atoms with Crippen molar-refractivity contribution in [2.24, 2.45) is 4.99 Å². The summed E-state index contributed by atoms with van der Waals surface area (Å²) in [7, 11) is 1.38. The van der Waals surface area contributed by atoms with Gasteiger partial charge in [0, 0.05) is 22.8 Å². The average molecular weight is 539 g/mol. The van der Waals surface area contributed by atoms with Gasteiger partial charge in [-0.15, -0.1) is 11.3 Å². The first-order valence-corrected chi connectivity index (χ1v) is 15.1. The Morgan fingerprint density at radius 3 is 2.29 bits per heavy atom. The Bertz CT molecular complexity index is 1140. The molecule has 4 rings (SSSR count). The van der Waals surface area contributed by atoms with Crippen molar-refractivity contribution in [3.8, 4) is 0 Å². The quantitative estimate of drug-likeness (QED) is 0.181. The number of urea groups is 1. The Labute approximate surface area is 231 Å². The molecule has 3 heterocycles. The third kappa shape index (κ3) is 6.06. The summed E-state index contributed by atoms with van der Waals surface area (Å²) in [4.78, 5) is 39.9. The molecule has 2 aliphatic heterocycles. The van der Waals surface area contributed by atoms with Crippen LogP contribution in [-0.4, -0.2) is 43.1 Å². The number of amides is 2. The van der Waals surface area contributed by atoms with Gasteiger partial charge in [0.15, 0.2) is 6.17 Å². The molecule has 0 fully saturated rings. The third-order valence-electron chi connectivity index (χ3n) is 7.34. The summed E-state index contributed by atoms with van der Waals surface area (Å²) >= 11 is 1.70. The maximum Gasteiger partial charge on any atom is 0.337 e. The predicted octanol–water partition coefficient (Wildman–Crippen LogP) is 7.90. The predicted molar refractivity (Wildman–Crippen MR) is 156 cm³/mol. The molecule has 8 heteroatoms. The number of thiophene rings is 1. The van der Waals surface area contributed by atoms with Crippen LogP contribution in [0.3, 0.4) is 0 Å². The van der Waals surface area contributed by atoms with E-state index in [9.17, 15) is 9.59 Å². The van der Waals surface area contributed by atoms with Crippen LogP contribution in [0.4, 0.5) is 16.2 Å². The molecule has 0 aliphatic carbocycles. The number of aryl methyl sites for hydroxylation is 1. The molecule has 7 nitrogen and oxygen atoms in total. The summed E-state index contributed by atoms with van der Waals surface area (Å²) in [6, 6.07) is 9.63. The highest BCUT2D eigenvalue weighted by molar-refractivity contribution is 7.12. The molecule has 2 amide bonds. The second kappa shape index (κ2) is 13.3. The van der Waals surface area contributed by atoms with Gasteiger partial charge in [-0.3, -0.25) is 4.90 Å². The second-order valence-corrected chi connectivity index (χ2v) is 11.6. The van der Waals surface area contributed by atoms with Crippen LogP contribution in [-0.2, 0) is 4.74 Å². The van der Waals surface area contributed by atoms with Crippen molar-refractivity contribution in [2.45, 2.75) is 91.1 Å². The highest BCUT2D eigenvalue weighted by atomic mass is 32.1. The summed E-state index contributed by atoms with van der Waals surface area (Å²) in [5.41, 5.74) is 2.07. The van der Waals surface area contributed by atoms with E-state index in [2.05, 4.69) is 37.8 Å². The molecule has 2 aromatic rings. The van der Waals surface area contributed by atoms with Crippen LogP contribution < -0.4 is 9.80 Å². The van der Waals surface area contributed by atoms with Gasteiger partial charge < -0.3 is 9.64 Å². The van der Waals surface area contributed by atoms with Gasteiger partial charge in [0.1, 0.15) is 0 Å². The maximum absolute atomic E-state index is 14.2. The largest absolute Gasteiger partial charge is 0.465 e. The van der Waals surface area contributed by atoms with E-state index >= 15 is 0 Å². The highest BCUT2D eigenvalue weighted by Crippen LogP contribution is 2.44. The molecule has 206 valence electrons. The first-order valence-electron chi connectivity index (χ1n) is 14.2. The number of hydrogen-bond donors (Lipinski definition) is 0. The fourth-order valence-corrected chi connectivity index (χ4v) is 6.18. The van der Waals surface area contributed by atoms with Crippen molar-refractivity contribution < 1.29 is 14.3 Å². The number of guanidine groups is 1. The van der Waals surface area contributed by atoms with Gasteiger partial charge in [-0.25, -0.2) is 19.5 Å². The molecule has 0 radical (unpaired) electrons. The first kappa shape index (κ1) is 28.1. The maximum atomic E-state index is 14.2. The SMILES string of the molecule is CCCCCCCCN1C2=NC(c3ccc(C)s3)N(CCCCCC)C(=O)N2c2cc(C(=O)OC)ccc21. The van der Waals surface area contributed by atoms with Gasteiger partial charge in [-0.05, 0) is 50.1 Å². The molecule has 2 aliphatic rings. The van der Waals surface area contributed by atoms with E-state index in [1.54, 1.807) is 28.4 Å². The van der Waals surface area contributed by atoms with Crippen LogP contribution in [0.2, 0.25) is 0 Å². The van der Waals surface area contributed by atoms with Crippen molar-refractivity contribution in [2.75, 3.05) is 30.0 Å². The summed E-state index contributed by atoms with van der Waals surface area (Å²) < 4.78 is 4.98. The average Bonchev–Trinajstić information content (AvgIpc) is 3.49. The minimum absolute atomic E-state index is 0.0729. The minimum atomic E-state index is -0.409. The van der Waals surface area contributed by atoms with Crippen LogP contribution in [0.15, 0.2) is 35.3 Å². The summed E-state index contributed by atoms with van der Waals surface area (Å²) in [5.74, 6) is 0.259. The molecular formula is C30H42N4O3S. The third-order valence-corrected chi connectivity index (χ3v) is 8.38. The molecule has 1 unspecified atom stereocenters. The number of nitrogens with zero attached hydrogens (tertiary/aromatic N) is 4. The number of esters is 1. The lowest BCUT2D eigenvalue weighted by molar-refractivity contribution is 0.0600. The molecule has 0 saturated heterocycles. The van der Waals surface area contributed by atoms with Gasteiger partial charge in [-0.2, -0.15) is 0 Å². The zero-order valence-electron chi connectivity index (χ0n) is 23.4. The lowest BCUT2D eigenvalue weighted by atomic mass is 10.1. The fraction of sp³-hybridized carbons (Fsp3) is 0.567. The van der Waals surface area contributed by atoms with E-state index in [0.717, 1.165) is 55.6 Å². The lowest BCUT2D eigenvalue weighted by Crippen LogP contribution is -2.54. The number of fused-ring (bicyclic) bond motifs is 3. The standard InChI is InChI=1S/C30H42N4O3S/c1-5-7-9-11-12-14-19-32-24-17-16-23(28(35)37-4)21-25(24)34-29(32)31-27(26-18-15-22(3)38-26)33(30(34)36)20-13-10-8-6-2/h15-18,21,27H,5-14,19-20H2,1-4H3. The van der Waals surface area contributed by atoms with Gasteiger partial charge in [0.2, 0.25) is 5.96 Å². The van der Waals surface area contributed by atoms with E-state index < -0.39 is 5.97 Å². The monoisotopic (exact) mass is 538 g/mol. The van der Waals surface area contributed by atoms with Gasteiger partial charge in [-0.1, -0.05) is 65.2 Å². The second-order valence-electron chi connectivity index (χ2n) is 10.2. The molecule has 0 spiro atoms. The number of aliphatic imine (C=N–C) groups is 1. The molecule has 1 atom stereocenters. The van der Waals surface area contributed by atoms with Gasteiger partial charge in [0.25, 0.3) is 0 Å². The van der Waals surface area contributed by atoms with E-state index in [-0.39, 0.29) is 12.2 Å². The number of methoxy groups -OCH3 is 1. The van der Waals surface area contributed by atoms with Crippen LogP contribution >= 0.6 is 11.3 Å². The topological polar surface area (TPSA) is 65.5 Å². The Kier molecular flexibility index (Phi) is 9.83. The molecule has 1 aromatic heterocycles. The van der Waals surface area contributed by atoms with E-state index in [1.165, 1.54) is 37.7 Å². The fourth-order valence-electron chi connectivity index (χ4n) is 5.25. The molecule has 0 bridgehead atoms. The summed E-state index contributed by atoms with van der Waals surface area (Å²) in [5, 5.41) is 0. The Morgan fingerprint density at radius 2 is 1.61 bits per heavy atom. The van der Waals surface area contributed by atoms with E-state index in [1.807, 2.05) is 11.0 Å². The van der Waals surface area contributed by atoms with Gasteiger partial charge >= 0.3 is 12.0 Å². The number of carbonyl (C=O) groups is 2. The smallest absolute Gasteiger partial charge is 0.337 e. The van der Waals surface area contributed by atoms with E-state index in [4.69, 9.17) is 9.73 Å². The minimum Gasteiger partial charge on any atom is -0.465 e. The van der Waals surface area contributed by atoms with Crippen LogP contribution in [0.5, 0.6) is 0 Å². The molecule has 1 aromatic carbocycles. The normalized spacial score (nSPS) is 16.5. The Balaban J connectivity index is 1.69. The number of rotatable bonds is 14. The van der Waals surface area contributed by atoms with E-state index in [0.29, 0.717) is 23.8 Å². The number of benzene rings is 1. The number of unbranched alkanes of at least 4 members (excludes halogenated alkanes) is 8. The van der Waals surface area contributed by atoms with Crippen LogP contribution in [0, 0.1) is 6.92 Å². The number of carbonyl (C=O) groups excluding carboxylic acids is 2. The zero-order valence-corrected chi connectivity index (χ0v) is 24.2. The number of ether oxygens (including phenoxy) is 1. The first-order chi connectivity index (χ1) is 18.5. The van der Waals surface area contributed by atoms with Crippen LogP contribution in [0.25, 0.3) is 0 Å². The Hall–Kier alpha value is -2.87. The molecule has 38 heavy (non-hydrogen) atoms. The zero-order chi connectivity index (χ0) is 27.1. The van der Waals surface area contributed by atoms with Crippen molar-refractivity contribution in [3.05, 3.63) is 45.6 Å². The summed E-state index contributed by atoms with van der Waals surface area (Å²) in [6.45, 7) is 7.95. The molecular weight excluding hydrogens is 496 g/mol.